The number of hydrogen-bond donors (Lipinski definition) is 0. The summed E-state index contributed by atoms with van der Waals surface area (Å²) in [4.78, 5) is 4.81. The highest BCUT2D eigenvalue weighted by Gasteiger charge is 2.31. The lowest BCUT2D eigenvalue weighted by Crippen LogP contribution is -2.33. The van der Waals surface area contributed by atoms with Crippen molar-refractivity contribution in [3.63, 3.8) is 0 Å². The van der Waals surface area contributed by atoms with Gasteiger partial charge in [0.05, 0.1) is 0 Å². The van der Waals surface area contributed by atoms with Gasteiger partial charge >= 0.3 is 0 Å². The van der Waals surface area contributed by atoms with Gasteiger partial charge in [-0.2, -0.15) is 0 Å². The molecule has 0 aromatic heterocycles. The molecule has 2 nitrogen and oxygen atoms in total. The Morgan fingerprint density at radius 3 is 1.89 bits per heavy atom. The average Bonchev–Trinajstić information content (AvgIpc) is 2.62. The third-order valence-corrected chi connectivity index (χ3v) is 7.78. The fraction of sp³-hybridized carbons (Fsp3) is 0.458. The molecule has 3 heteroatoms. The van der Waals surface area contributed by atoms with E-state index >= 15 is 0 Å². The fourth-order valence-electron chi connectivity index (χ4n) is 3.62. The highest BCUT2D eigenvalue weighted by Crippen LogP contribution is 2.53. The Balaban J connectivity index is 2.71. The Bertz CT molecular complexity index is 752. The number of para-hydroxylation sites is 1. The van der Waals surface area contributed by atoms with Crippen molar-refractivity contribution in [3.8, 4) is 0 Å². The third-order valence-electron chi connectivity index (χ3n) is 4.80. The minimum atomic E-state index is -0.433. The summed E-state index contributed by atoms with van der Waals surface area (Å²) in [6.45, 7) is 16.1. The van der Waals surface area contributed by atoms with Crippen molar-refractivity contribution in [1.82, 2.24) is 0 Å². The first-order valence-electron chi connectivity index (χ1n) is 9.99. The van der Waals surface area contributed by atoms with E-state index in [0.717, 1.165) is 5.84 Å². The second-order valence-corrected chi connectivity index (χ2v) is 11.2. The van der Waals surface area contributed by atoms with Crippen LogP contribution in [0, 0.1) is 6.92 Å². The van der Waals surface area contributed by atoms with E-state index in [2.05, 4.69) is 102 Å². The molecule has 146 valence electrons. The van der Waals surface area contributed by atoms with Crippen molar-refractivity contribution in [2.24, 2.45) is 4.99 Å². The van der Waals surface area contributed by atoms with Crippen LogP contribution in [-0.2, 0) is 0 Å². The van der Waals surface area contributed by atoms with Gasteiger partial charge in [-0.15, -0.1) is 0 Å². The fourth-order valence-corrected chi connectivity index (χ4v) is 6.59. The number of aryl methyl sites for hydroxylation is 1. The van der Waals surface area contributed by atoms with Crippen LogP contribution in [-0.4, -0.2) is 24.2 Å². The molecule has 27 heavy (non-hydrogen) atoms. The average molecular weight is 383 g/mol. The number of anilines is 1. The van der Waals surface area contributed by atoms with E-state index in [1.165, 1.54) is 22.4 Å². The quantitative estimate of drug-likeness (QED) is 0.293. The molecule has 0 spiro atoms. The third kappa shape index (κ3) is 4.99. The van der Waals surface area contributed by atoms with Crippen LogP contribution in [0.5, 0.6) is 0 Å². The summed E-state index contributed by atoms with van der Waals surface area (Å²) in [5.74, 6) is 1.55. The van der Waals surface area contributed by atoms with Crippen molar-refractivity contribution in [1.29, 1.82) is 0 Å². The molecule has 0 atom stereocenters. The Kier molecular flexibility index (Phi) is 7.62. The molecule has 0 unspecified atom stereocenters. The van der Waals surface area contributed by atoms with Crippen molar-refractivity contribution in [2.75, 3.05) is 11.7 Å². The van der Waals surface area contributed by atoms with Crippen LogP contribution in [0.3, 0.4) is 0 Å². The molecule has 0 bridgehead atoms. The molecule has 0 radical (unpaired) electrons. The first-order valence-corrected chi connectivity index (χ1v) is 11.4. The predicted molar refractivity (Wildman–Crippen MR) is 124 cm³/mol. The summed E-state index contributed by atoms with van der Waals surface area (Å²) in [6, 6.07) is 17.6. The van der Waals surface area contributed by atoms with Gasteiger partial charge in [0.1, 0.15) is 5.84 Å². The lowest BCUT2D eigenvalue weighted by Gasteiger charge is -2.40. The van der Waals surface area contributed by atoms with Crippen molar-refractivity contribution in [3.05, 3.63) is 65.2 Å². The Labute approximate surface area is 167 Å². The molecule has 0 aliphatic rings. The first-order chi connectivity index (χ1) is 12.8. The van der Waals surface area contributed by atoms with Gasteiger partial charge in [0.25, 0.3) is 0 Å². The normalized spacial score (nSPS) is 12.5. The van der Waals surface area contributed by atoms with Gasteiger partial charge in [-0.05, 0) is 35.8 Å². The molecule has 0 fully saturated rings. The van der Waals surface area contributed by atoms with Crippen LogP contribution >= 0.6 is 8.07 Å². The van der Waals surface area contributed by atoms with E-state index in [1.54, 1.807) is 0 Å². The van der Waals surface area contributed by atoms with Gasteiger partial charge < -0.3 is 4.67 Å². The monoisotopic (exact) mass is 382 g/mol. The molecule has 0 amide bonds. The van der Waals surface area contributed by atoms with Gasteiger partial charge in [-0.3, -0.25) is 4.99 Å². The van der Waals surface area contributed by atoms with Crippen LogP contribution in [0.25, 0.3) is 0 Å². The maximum Gasteiger partial charge on any atom is 0.138 e. The van der Waals surface area contributed by atoms with E-state index in [-0.39, 0.29) is 0 Å². The summed E-state index contributed by atoms with van der Waals surface area (Å²) < 4.78 is 2.56. The number of hydrogen-bond acceptors (Lipinski definition) is 1. The van der Waals surface area contributed by atoms with E-state index in [9.17, 15) is 0 Å². The summed E-state index contributed by atoms with van der Waals surface area (Å²) >= 11 is 0. The van der Waals surface area contributed by atoms with Gasteiger partial charge in [-0.25, -0.2) is 0 Å². The molecular formula is C24H35N2P. The standard InChI is InChI=1S/C24H35N2P/c1-17(2)22-11-9-10-12-23(22)26(27(18(3)4)19(5)6)24(25-8)21-15-13-20(7)14-16-21/h9-19H,1-8H3. The number of rotatable bonds is 6. The minimum Gasteiger partial charge on any atom is -0.304 e. The summed E-state index contributed by atoms with van der Waals surface area (Å²) in [6.07, 6.45) is 0. The molecule has 2 aromatic rings. The zero-order chi connectivity index (χ0) is 20.1. The molecule has 2 aromatic carbocycles. The predicted octanol–water partition coefficient (Wildman–Crippen LogP) is 7.22. The number of nitrogens with zero attached hydrogens (tertiary/aromatic N) is 2. The minimum absolute atomic E-state index is 0.433. The lowest BCUT2D eigenvalue weighted by atomic mass is 10.0. The van der Waals surface area contributed by atoms with E-state index in [4.69, 9.17) is 4.99 Å². The second-order valence-electron chi connectivity index (χ2n) is 8.01. The topological polar surface area (TPSA) is 15.6 Å². The number of aliphatic imine (C=N–C) groups is 1. The van der Waals surface area contributed by atoms with Crippen molar-refractivity contribution >= 4 is 19.6 Å². The van der Waals surface area contributed by atoms with E-state index < -0.39 is 8.07 Å². The molecule has 0 aliphatic carbocycles. The molecule has 0 heterocycles. The first kappa shape index (κ1) is 21.6. The van der Waals surface area contributed by atoms with Crippen molar-refractivity contribution < 1.29 is 0 Å². The van der Waals surface area contributed by atoms with E-state index in [1.807, 2.05) is 7.05 Å². The van der Waals surface area contributed by atoms with Crippen LogP contribution in [0.1, 0.15) is 64.2 Å². The van der Waals surface area contributed by atoms with Gasteiger partial charge in [-0.1, -0.05) is 89.6 Å². The van der Waals surface area contributed by atoms with Crippen LogP contribution < -0.4 is 4.67 Å². The van der Waals surface area contributed by atoms with Crippen LogP contribution in [0.15, 0.2) is 53.5 Å². The molecule has 2 rings (SSSR count). The highest BCUT2D eigenvalue weighted by molar-refractivity contribution is 7.61. The SMILES string of the molecule is CN=C(c1ccc(C)cc1)N(c1ccccc1C(C)C)P(C(C)C)C(C)C. The molecule has 0 saturated heterocycles. The number of benzene rings is 2. The Hall–Kier alpha value is -1.66. The molecular weight excluding hydrogens is 347 g/mol. The Morgan fingerprint density at radius 2 is 1.41 bits per heavy atom. The second kappa shape index (κ2) is 9.51. The summed E-state index contributed by atoms with van der Waals surface area (Å²) in [5, 5.41) is 0. The maximum atomic E-state index is 4.81. The maximum absolute atomic E-state index is 4.81. The zero-order valence-corrected chi connectivity index (χ0v) is 19.1. The van der Waals surface area contributed by atoms with Crippen LogP contribution in [0.2, 0.25) is 0 Å². The highest BCUT2D eigenvalue weighted by atomic mass is 31.1. The largest absolute Gasteiger partial charge is 0.304 e. The molecule has 0 saturated carbocycles. The van der Waals surface area contributed by atoms with Gasteiger partial charge in [0.15, 0.2) is 0 Å². The smallest absolute Gasteiger partial charge is 0.138 e. The lowest BCUT2D eigenvalue weighted by molar-refractivity contribution is 0.866. The van der Waals surface area contributed by atoms with Gasteiger partial charge in [0.2, 0.25) is 0 Å². The van der Waals surface area contributed by atoms with Gasteiger partial charge in [0, 0.05) is 26.4 Å². The van der Waals surface area contributed by atoms with Crippen LogP contribution in [0.4, 0.5) is 5.69 Å². The molecule has 0 N–H and O–H groups in total. The van der Waals surface area contributed by atoms with Crippen molar-refractivity contribution in [2.45, 2.75) is 65.7 Å². The zero-order valence-electron chi connectivity index (χ0n) is 18.2. The Morgan fingerprint density at radius 1 is 0.852 bits per heavy atom. The van der Waals surface area contributed by atoms with E-state index in [0.29, 0.717) is 17.2 Å². The summed E-state index contributed by atoms with van der Waals surface area (Å²) in [7, 11) is 1.49. The number of amidine groups is 1. The molecule has 0 aliphatic heterocycles. The summed E-state index contributed by atoms with van der Waals surface area (Å²) in [5.41, 5.74) is 6.31.